The third-order valence-corrected chi connectivity index (χ3v) is 4.04. The van der Waals surface area contributed by atoms with Gasteiger partial charge in [-0.05, 0) is 30.3 Å². The first-order valence-electron chi connectivity index (χ1n) is 7.46. The third kappa shape index (κ3) is 3.36. The summed E-state index contributed by atoms with van der Waals surface area (Å²) in [6.45, 7) is 0.528. The van der Waals surface area contributed by atoms with Crippen molar-refractivity contribution < 1.29 is 13.9 Å². The Morgan fingerprint density at radius 2 is 2.04 bits per heavy atom. The van der Waals surface area contributed by atoms with Crippen LogP contribution in [0.5, 0.6) is 5.75 Å². The fourth-order valence-corrected chi connectivity index (χ4v) is 2.62. The molecule has 0 saturated carbocycles. The number of amides is 1. The molecule has 24 heavy (non-hydrogen) atoms. The predicted octanol–water partition coefficient (Wildman–Crippen LogP) is 4.11. The summed E-state index contributed by atoms with van der Waals surface area (Å²) in [5, 5.41) is 1.40. The van der Waals surface area contributed by atoms with Crippen molar-refractivity contribution in [1.82, 2.24) is 9.88 Å². The van der Waals surface area contributed by atoms with Crippen molar-refractivity contribution >= 4 is 28.4 Å². The molecule has 1 aromatic heterocycles. The zero-order valence-corrected chi connectivity index (χ0v) is 13.8. The maximum Gasteiger partial charge on any atom is 0.270 e. The second kappa shape index (κ2) is 6.93. The SMILES string of the molecule is CN(CCOc1ccccc1F)C(=O)c1cc2c(Cl)cccc2[nH]1. The molecule has 1 amide bonds. The van der Waals surface area contributed by atoms with Gasteiger partial charge in [-0.3, -0.25) is 4.79 Å². The Balaban J connectivity index is 1.63. The summed E-state index contributed by atoms with van der Waals surface area (Å²) < 4.78 is 18.8. The number of ether oxygens (including phenoxy) is 1. The Kier molecular flexibility index (Phi) is 4.71. The molecule has 0 aliphatic carbocycles. The van der Waals surface area contributed by atoms with Gasteiger partial charge < -0.3 is 14.6 Å². The van der Waals surface area contributed by atoms with Gasteiger partial charge in [-0.2, -0.15) is 0 Å². The van der Waals surface area contributed by atoms with Crippen molar-refractivity contribution in [1.29, 1.82) is 0 Å². The van der Waals surface area contributed by atoms with Crippen LogP contribution in [0.2, 0.25) is 5.02 Å². The number of nitrogens with zero attached hydrogens (tertiary/aromatic N) is 1. The van der Waals surface area contributed by atoms with E-state index in [2.05, 4.69) is 4.98 Å². The molecule has 0 fully saturated rings. The van der Waals surface area contributed by atoms with Gasteiger partial charge in [0, 0.05) is 23.0 Å². The number of aromatic nitrogens is 1. The topological polar surface area (TPSA) is 45.3 Å². The number of aromatic amines is 1. The average Bonchev–Trinajstić information content (AvgIpc) is 3.01. The van der Waals surface area contributed by atoms with Crippen molar-refractivity contribution in [3.05, 3.63) is 65.1 Å². The van der Waals surface area contributed by atoms with Gasteiger partial charge >= 0.3 is 0 Å². The summed E-state index contributed by atoms with van der Waals surface area (Å²) in [6, 6.07) is 13.4. The molecule has 4 nitrogen and oxygen atoms in total. The number of rotatable bonds is 5. The minimum atomic E-state index is -0.420. The molecule has 0 atom stereocenters. The second-order valence-corrected chi connectivity index (χ2v) is 5.80. The monoisotopic (exact) mass is 346 g/mol. The number of carbonyl (C=O) groups is 1. The van der Waals surface area contributed by atoms with E-state index in [1.54, 1.807) is 37.4 Å². The van der Waals surface area contributed by atoms with Gasteiger partial charge in [0.1, 0.15) is 12.3 Å². The molecular weight excluding hydrogens is 331 g/mol. The van der Waals surface area contributed by atoms with Crippen molar-refractivity contribution in [2.45, 2.75) is 0 Å². The van der Waals surface area contributed by atoms with E-state index in [0.717, 1.165) is 10.9 Å². The zero-order chi connectivity index (χ0) is 17.1. The highest BCUT2D eigenvalue weighted by Crippen LogP contribution is 2.24. The Morgan fingerprint density at radius 1 is 1.25 bits per heavy atom. The number of benzene rings is 2. The number of H-pyrrole nitrogens is 1. The van der Waals surface area contributed by atoms with Crippen LogP contribution in [-0.2, 0) is 0 Å². The number of likely N-dealkylation sites (N-methyl/N-ethyl adjacent to an activating group) is 1. The largest absolute Gasteiger partial charge is 0.489 e. The highest BCUT2D eigenvalue weighted by molar-refractivity contribution is 6.35. The van der Waals surface area contributed by atoms with Crippen LogP contribution in [0.1, 0.15) is 10.5 Å². The van der Waals surface area contributed by atoms with E-state index in [4.69, 9.17) is 16.3 Å². The smallest absolute Gasteiger partial charge is 0.270 e. The summed E-state index contributed by atoms with van der Waals surface area (Å²) in [5.41, 5.74) is 1.26. The summed E-state index contributed by atoms with van der Waals surface area (Å²) >= 11 is 6.12. The number of hydrogen-bond acceptors (Lipinski definition) is 2. The Morgan fingerprint density at radius 3 is 2.79 bits per heavy atom. The van der Waals surface area contributed by atoms with Gasteiger partial charge in [-0.15, -0.1) is 0 Å². The van der Waals surface area contributed by atoms with Gasteiger partial charge in [0.25, 0.3) is 5.91 Å². The summed E-state index contributed by atoms with van der Waals surface area (Å²) in [5.74, 6) is -0.424. The summed E-state index contributed by atoms with van der Waals surface area (Å²) in [7, 11) is 1.67. The fourth-order valence-electron chi connectivity index (χ4n) is 2.39. The molecule has 6 heteroatoms. The maximum atomic E-state index is 13.5. The average molecular weight is 347 g/mol. The highest BCUT2D eigenvalue weighted by Gasteiger charge is 2.15. The van der Waals surface area contributed by atoms with Crippen molar-refractivity contribution in [3.8, 4) is 5.75 Å². The molecule has 1 N–H and O–H groups in total. The minimum Gasteiger partial charge on any atom is -0.489 e. The maximum absolute atomic E-state index is 13.5. The molecule has 124 valence electrons. The van der Waals surface area contributed by atoms with E-state index in [1.807, 2.05) is 12.1 Å². The number of nitrogens with one attached hydrogen (secondary N) is 1. The molecular formula is C18H16ClFN2O2. The van der Waals surface area contributed by atoms with Crippen LogP contribution >= 0.6 is 11.6 Å². The van der Waals surface area contributed by atoms with Crippen LogP contribution in [0.15, 0.2) is 48.5 Å². The Hall–Kier alpha value is -2.53. The van der Waals surface area contributed by atoms with E-state index in [1.165, 1.54) is 11.0 Å². The number of hydrogen-bond donors (Lipinski definition) is 1. The first kappa shape index (κ1) is 16.3. The molecule has 0 radical (unpaired) electrons. The number of halogens is 2. The lowest BCUT2D eigenvalue weighted by molar-refractivity contribution is 0.0768. The lowest BCUT2D eigenvalue weighted by Crippen LogP contribution is -2.31. The number of carbonyl (C=O) groups excluding carboxylic acids is 1. The van der Waals surface area contributed by atoms with Gasteiger partial charge in [0.2, 0.25) is 0 Å². The Labute approximate surface area is 143 Å². The normalized spacial score (nSPS) is 10.8. The minimum absolute atomic E-state index is 0.177. The fraction of sp³-hybridized carbons (Fsp3) is 0.167. The van der Waals surface area contributed by atoms with E-state index in [9.17, 15) is 9.18 Å². The van der Waals surface area contributed by atoms with E-state index < -0.39 is 5.82 Å². The lowest BCUT2D eigenvalue weighted by atomic mass is 10.2. The second-order valence-electron chi connectivity index (χ2n) is 5.39. The summed E-state index contributed by atoms with van der Waals surface area (Å²) in [6.07, 6.45) is 0. The highest BCUT2D eigenvalue weighted by atomic mass is 35.5. The van der Waals surface area contributed by atoms with E-state index >= 15 is 0 Å². The number of fused-ring (bicyclic) bond motifs is 1. The molecule has 3 aromatic rings. The molecule has 0 aliphatic heterocycles. The Bertz CT molecular complexity index is 878. The van der Waals surface area contributed by atoms with Crippen LogP contribution < -0.4 is 4.74 Å². The zero-order valence-electron chi connectivity index (χ0n) is 13.1. The van der Waals surface area contributed by atoms with E-state index in [0.29, 0.717) is 17.3 Å². The molecule has 2 aromatic carbocycles. The van der Waals surface area contributed by atoms with Crippen LogP contribution in [0.3, 0.4) is 0 Å². The van der Waals surface area contributed by atoms with Crippen LogP contribution in [0.25, 0.3) is 10.9 Å². The molecule has 0 spiro atoms. The van der Waals surface area contributed by atoms with Crippen LogP contribution in [-0.4, -0.2) is 36.0 Å². The third-order valence-electron chi connectivity index (χ3n) is 3.71. The van der Waals surface area contributed by atoms with E-state index in [-0.39, 0.29) is 18.3 Å². The molecule has 0 saturated heterocycles. The predicted molar refractivity (Wildman–Crippen MR) is 92.2 cm³/mol. The summed E-state index contributed by atoms with van der Waals surface area (Å²) in [4.78, 5) is 17.0. The van der Waals surface area contributed by atoms with Gasteiger partial charge in [-0.25, -0.2) is 4.39 Å². The molecule has 0 unspecified atom stereocenters. The van der Waals surface area contributed by atoms with Crippen molar-refractivity contribution in [2.75, 3.05) is 20.2 Å². The van der Waals surface area contributed by atoms with Gasteiger partial charge in [0.15, 0.2) is 11.6 Å². The first-order valence-corrected chi connectivity index (χ1v) is 7.84. The number of para-hydroxylation sites is 1. The molecule has 0 bridgehead atoms. The van der Waals surface area contributed by atoms with Crippen molar-refractivity contribution in [2.24, 2.45) is 0 Å². The molecule has 3 rings (SSSR count). The lowest BCUT2D eigenvalue weighted by Gasteiger charge is -2.16. The van der Waals surface area contributed by atoms with Gasteiger partial charge in [-0.1, -0.05) is 29.8 Å². The molecule has 0 aliphatic rings. The quantitative estimate of drug-likeness (QED) is 0.755. The van der Waals surface area contributed by atoms with Crippen LogP contribution in [0, 0.1) is 5.82 Å². The standard InChI is InChI=1S/C18H16ClFN2O2/c1-22(9-10-24-17-8-3-2-6-14(17)20)18(23)16-11-12-13(19)5-4-7-15(12)21-16/h2-8,11,21H,9-10H2,1H3. The first-order chi connectivity index (χ1) is 11.6. The van der Waals surface area contributed by atoms with Gasteiger partial charge in [0.05, 0.1) is 6.54 Å². The van der Waals surface area contributed by atoms with Crippen LogP contribution in [0.4, 0.5) is 4.39 Å². The molecule has 1 heterocycles. The van der Waals surface area contributed by atoms with Crippen molar-refractivity contribution in [3.63, 3.8) is 0 Å².